The van der Waals surface area contributed by atoms with Crippen LogP contribution in [0.1, 0.15) is 39.0 Å². The van der Waals surface area contributed by atoms with Crippen LogP contribution in [-0.2, 0) is 4.79 Å². The predicted octanol–water partition coefficient (Wildman–Crippen LogP) is 0.824. The van der Waals surface area contributed by atoms with Crippen LogP contribution < -0.4 is 5.32 Å². The molecular weight excluding hydrogens is 226 g/mol. The average Bonchev–Trinajstić information content (AvgIpc) is 2.74. The summed E-state index contributed by atoms with van der Waals surface area (Å²) in [5.74, 6) is 0.340. The van der Waals surface area contributed by atoms with Crippen LogP contribution >= 0.6 is 0 Å². The SMILES string of the molecule is C[C@@H]1CC[C@@H](C(=O)N2CCN(C3CCC3)CC2)N1. The molecule has 0 aromatic heterocycles. The lowest BCUT2D eigenvalue weighted by molar-refractivity contribution is -0.135. The van der Waals surface area contributed by atoms with Crippen molar-refractivity contribution in [1.82, 2.24) is 15.1 Å². The van der Waals surface area contributed by atoms with Crippen molar-refractivity contribution in [3.8, 4) is 0 Å². The number of amides is 1. The number of hydrogen-bond acceptors (Lipinski definition) is 3. The van der Waals surface area contributed by atoms with Crippen LogP contribution in [0.15, 0.2) is 0 Å². The number of rotatable bonds is 2. The summed E-state index contributed by atoms with van der Waals surface area (Å²) >= 11 is 0. The molecule has 1 amide bonds. The molecule has 3 aliphatic rings. The van der Waals surface area contributed by atoms with E-state index in [0.717, 1.165) is 45.1 Å². The Morgan fingerprint density at radius 2 is 1.78 bits per heavy atom. The molecule has 0 radical (unpaired) electrons. The smallest absolute Gasteiger partial charge is 0.239 e. The van der Waals surface area contributed by atoms with E-state index in [1.165, 1.54) is 19.3 Å². The first kappa shape index (κ1) is 12.4. The molecule has 3 rings (SSSR count). The Balaban J connectivity index is 1.48. The maximum Gasteiger partial charge on any atom is 0.239 e. The zero-order valence-corrected chi connectivity index (χ0v) is 11.4. The van der Waals surface area contributed by atoms with E-state index in [1.54, 1.807) is 0 Å². The van der Waals surface area contributed by atoms with Gasteiger partial charge in [0.25, 0.3) is 0 Å². The normalized spacial score (nSPS) is 34.6. The number of piperazine rings is 1. The van der Waals surface area contributed by atoms with Crippen molar-refractivity contribution in [2.45, 2.75) is 57.2 Å². The summed E-state index contributed by atoms with van der Waals surface area (Å²) in [4.78, 5) is 17.0. The van der Waals surface area contributed by atoms with Crippen LogP contribution in [0.5, 0.6) is 0 Å². The molecule has 4 nitrogen and oxygen atoms in total. The fourth-order valence-electron chi connectivity index (χ4n) is 3.40. The summed E-state index contributed by atoms with van der Waals surface area (Å²) in [6.07, 6.45) is 6.29. The summed E-state index contributed by atoms with van der Waals surface area (Å²) in [6, 6.07) is 1.43. The Bertz CT molecular complexity index is 308. The maximum absolute atomic E-state index is 12.4. The number of hydrogen-bond donors (Lipinski definition) is 1. The summed E-state index contributed by atoms with van der Waals surface area (Å²) in [7, 11) is 0. The fraction of sp³-hybridized carbons (Fsp3) is 0.929. The summed E-state index contributed by atoms with van der Waals surface area (Å²) in [5, 5.41) is 3.40. The van der Waals surface area contributed by atoms with E-state index in [4.69, 9.17) is 0 Å². The second-order valence-electron chi connectivity index (χ2n) is 6.14. The van der Waals surface area contributed by atoms with Crippen LogP contribution in [0.3, 0.4) is 0 Å². The molecule has 0 unspecified atom stereocenters. The summed E-state index contributed by atoms with van der Waals surface area (Å²) in [5.41, 5.74) is 0. The molecule has 2 atom stereocenters. The number of carbonyl (C=O) groups is 1. The van der Waals surface area contributed by atoms with Crippen LogP contribution in [0.25, 0.3) is 0 Å². The van der Waals surface area contributed by atoms with Gasteiger partial charge in [-0.3, -0.25) is 9.69 Å². The van der Waals surface area contributed by atoms with Crippen molar-refractivity contribution < 1.29 is 4.79 Å². The van der Waals surface area contributed by atoms with E-state index in [2.05, 4.69) is 22.0 Å². The zero-order valence-electron chi connectivity index (χ0n) is 11.4. The zero-order chi connectivity index (χ0) is 12.5. The van der Waals surface area contributed by atoms with Crippen molar-refractivity contribution >= 4 is 5.91 Å². The molecule has 0 bridgehead atoms. The van der Waals surface area contributed by atoms with E-state index in [-0.39, 0.29) is 6.04 Å². The van der Waals surface area contributed by atoms with E-state index in [1.807, 2.05) is 0 Å². The molecule has 0 spiro atoms. The van der Waals surface area contributed by atoms with E-state index < -0.39 is 0 Å². The molecule has 102 valence electrons. The van der Waals surface area contributed by atoms with Crippen molar-refractivity contribution in [3.05, 3.63) is 0 Å². The predicted molar refractivity (Wildman–Crippen MR) is 71.4 cm³/mol. The summed E-state index contributed by atoms with van der Waals surface area (Å²) in [6.45, 7) is 6.20. The molecule has 0 aromatic rings. The topological polar surface area (TPSA) is 35.6 Å². The Morgan fingerprint density at radius 1 is 1.06 bits per heavy atom. The molecule has 1 saturated carbocycles. The van der Waals surface area contributed by atoms with Crippen molar-refractivity contribution in [1.29, 1.82) is 0 Å². The van der Waals surface area contributed by atoms with Crippen LogP contribution in [-0.4, -0.2) is 60.0 Å². The molecule has 2 saturated heterocycles. The maximum atomic E-state index is 12.4. The van der Waals surface area contributed by atoms with Gasteiger partial charge in [0.15, 0.2) is 0 Å². The number of nitrogens with one attached hydrogen (secondary N) is 1. The Morgan fingerprint density at radius 3 is 2.28 bits per heavy atom. The van der Waals surface area contributed by atoms with Gasteiger partial charge in [-0.1, -0.05) is 6.42 Å². The lowest BCUT2D eigenvalue weighted by atomic mass is 9.91. The minimum absolute atomic E-state index is 0.0928. The highest BCUT2D eigenvalue weighted by molar-refractivity contribution is 5.82. The Hall–Kier alpha value is -0.610. The monoisotopic (exact) mass is 251 g/mol. The lowest BCUT2D eigenvalue weighted by Crippen LogP contribution is -2.56. The molecular formula is C14H25N3O. The van der Waals surface area contributed by atoms with E-state index >= 15 is 0 Å². The van der Waals surface area contributed by atoms with Gasteiger partial charge in [-0.2, -0.15) is 0 Å². The van der Waals surface area contributed by atoms with Gasteiger partial charge in [-0.25, -0.2) is 0 Å². The average molecular weight is 251 g/mol. The second-order valence-corrected chi connectivity index (χ2v) is 6.14. The quantitative estimate of drug-likeness (QED) is 0.789. The van der Waals surface area contributed by atoms with Gasteiger partial charge in [0.1, 0.15) is 0 Å². The highest BCUT2D eigenvalue weighted by Crippen LogP contribution is 2.25. The molecule has 0 aromatic carbocycles. The first-order valence-corrected chi connectivity index (χ1v) is 7.53. The highest BCUT2D eigenvalue weighted by atomic mass is 16.2. The second kappa shape index (κ2) is 5.17. The molecule has 1 aliphatic carbocycles. The minimum Gasteiger partial charge on any atom is -0.339 e. The van der Waals surface area contributed by atoms with Crippen LogP contribution in [0.4, 0.5) is 0 Å². The molecule has 18 heavy (non-hydrogen) atoms. The van der Waals surface area contributed by atoms with Crippen molar-refractivity contribution in [2.24, 2.45) is 0 Å². The molecule has 4 heteroatoms. The molecule has 3 fully saturated rings. The highest BCUT2D eigenvalue weighted by Gasteiger charge is 2.33. The van der Waals surface area contributed by atoms with Gasteiger partial charge >= 0.3 is 0 Å². The van der Waals surface area contributed by atoms with Gasteiger partial charge in [-0.05, 0) is 32.6 Å². The van der Waals surface area contributed by atoms with Gasteiger partial charge < -0.3 is 10.2 Å². The van der Waals surface area contributed by atoms with Crippen LogP contribution in [0.2, 0.25) is 0 Å². The Kier molecular flexibility index (Phi) is 3.57. The standard InChI is InChI=1S/C14H25N3O/c1-11-5-6-13(15-11)14(18)17-9-7-16(8-10-17)12-3-2-4-12/h11-13,15H,2-10H2,1H3/t11-,13+/m1/s1. The third kappa shape index (κ3) is 2.41. The van der Waals surface area contributed by atoms with Gasteiger partial charge in [-0.15, -0.1) is 0 Å². The molecule has 2 heterocycles. The third-order valence-corrected chi connectivity index (χ3v) is 4.89. The fourth-order valence-corrected chi connectivity index (χ4v) is 3.40. The molecule has 2 aliphatic heterocycles. The van der Waals surface area contributed by atoms with Crippen molar-refractivity contribution in [3.63, 3.8) is 0 Å². The number of nitrogens with zero attached hydrogens (tertiary/aromatic N) is 2. The van der Waals surface area contributed by atoms with Crippen molar-refractivity contribution in [2.75, 3.05) is 26.2 Å². The first-order valence-electron chi connectivity index (χ1n) is 7.53. The largest absolute Gasteiger partial charge is 0.339 e. The van der Waals surface area contributed by atoms with E-state index in [9.17, 15) is 4.79 Å². The van der Waals surface area contributed by atoms with Gasteiger partial charge in [0.05, 0.1) is 6.04 Å². The summed E-state index contributed by atoms with van der Waals surface area (Å²) < 4.78 is 0. The molecule has 1 N–H and O–H groups in total. The first-order chi connectivity index (χ1) is 8.74. The minimum atomic E-state index is 0.0928. The number of carbonyl (C=O) groups excluding carboxylic acids is 1. The van der Waals surface area contributed by atoms with Gasteiger partial charge in [0, 0.05) is 38.3 Å². The Labute approximate surface area is 110 Å². The van der Waals surface area contributed by atoms with Gasteiger partial charge in [0.2, 0.25) is 5.91 Å². The third-order valence-electron chi connectivity index (χ3n) is 4.89. The van der Waals surface area contributed by atoms with E-state index in [0.29, 0.717) is 11.9 Å². The lowest BCUT2D eigenvalue weighted by Gasteiger charge is -2.43. The van der Waals surface area contributed by atoms with Crippen LogP contribution in [0, 0.1) is 0 Å².